The molecule has 1 aromatic heterocycles. The maximum Gasteiger partial charge on any atom is 0.251 e. The SMILES string of the molecule is CCc1cc(C(=O)NCc2ccccc2F)cc(Cl)n1. The van der Waals surface area contributed by atoms with E-state index in [-0.39, 0.29) is 23.4 Å². The lowest BCUT2D eigenvalue weighted by atomic mass is 10.1. The van der Waals surface area contributed by atoms with E-state index in [1.54, 1.807) is 24.3 Å². The van der Waals surface area contributed by atoms with Gasteiger partial charge in [-0.1, -0.05) is 36.7 Å². The summed E-state index contributed by atoms with van der Waals surface area (Å²) in [6, 6.07) is 9.51. The number of aryl methyl sites for hydroxylation is 1. The van der Waals surface area contributed by atoms with Crippen molar-refractivity contribution < 1.29 is 9.18 Å². The summed E-state index contributed by atoms with van der Waals surface area (Å²) in [5.41, 5.74) is 1.61. The molecule has 0 aliphatic heterocycles. The molecule has 0 saturated carbocycles. The number of carbonyl (C=O) groups is 1. The van der Waals surface area contributed by atoms with Crippen LogP contribution in [0.3, 0.4) is 0 Å². The second kappa shape index (κ2) is 6.48. The van der Waals surface area contributed by atoms with Crippen LogP contribution in [0.25, 0.3) is 0 Å². The van der Waals surface area contributed by atoms with Crippen LogP contribution in [0.5, 0.6) is 0 Å². The lowest BCUT2D eigenvalue weighted by Gasteiger charge is -2.07. The average molecular weight is 293 g/mol. The zero-order valence-corrected chi connectivity index (χ0v) is 11.7. The minimum absolute atomic E-state index is 0.132. The molecule has 0 radical (unpaired) electrons. The standard InChI is InChI=1S/C15H14ClFN2O/c1-2-12-7-11(8-14(16)19-12)15(20)18-9-10-5-3-4-6-13(10)17/h3-8H,2,9H2,1H3,(H,18,20). The topological polar surface area (TPSA) is 42.0 Å². The second-order valence-electron chi connectivity index (χ2n) is 4.30. The first-order chi connectivity index (χ1) is 9.60. The highest BCUT2D eigenvalue weighted by Gasteiger charge is 2.09. The molecule has 1 heterocycles. The predicted molar refractivity (Wildman–Crippen MR) is 76.2 cm³/mol. The largest absolute Gasteiger partial charge is 0.348 e. The second-order valence-corrected chi connectivity index (χ2v) is 4.68. The van der Waals surface area contributed by atoms with E-state index < -0.39 is 0 Å². The summed E-state index contributed by atoms with van der Waals surface area (Å²) in [6.45, 7) is 2.06. The number of amides is 1. The summed E-state index contributed by atoms with van der Waals surface area (Å²) < 4.78 is 13.4. The van der Waals surface area contributed by atoms with Crippen molar-refractivity contribution in [3.8, 4) is 0 Å². The van der Waals surface area contributed by atoms with Crippen LogP contribution in [0, 0.1) is 5.82 Å². The van der Waals surface area contributed by atoms with Gasteiger partial charge in [-0.3, -0.25) is 4.79 Å². The minimum Gasteiger partial charge on any atom is -0.348 e. The van der Waals surface area contributed by atoms with E-state index >= 15 is 0 Å². The van der Waals surface area contributed by atoms with Crippen LogP contribution >= 0.6 is 11.6 Å². The van der Waals surface area contributed by atoms with E-state index in [9.17, 15) is 9.18 Å². The van der Waals surface area contributed by atoms with Crippen LogP contribution in [0.4, 0.5) is 4.39 Å². The molecule has 1 amide bonds. The van der Waals surface area contributed by atoms with Gasteiger partial charge in [0.25, 0.3) is 5.91 Å². The Morgan fingerprint density at radius 1 is 1.35 bits per heavy atom. The highest BCUT2D eigenvalue weighted by atomic mass is 35.5. The molecule has 0 aliphatic rings. The van der Waals surface area contributed by atoms with E-state index in [0.29, 0.717) is 17.5 Å². The third-order valence-electron chi connectivity index (χ3n) is 2.87. The molecular formula is C15H14ClFN2O. The number of hydrogen-bond donors (Lipinski definition) is 1. The third kappa shape index (κ3) is 3.54. The van der Waals surface area contributed by atoms with Gasteiger partial charge in [-0.15, -0.1) is 0 Å². The fraction of sp³-hybridized carbons (Fsp3) is 0.200. The molecule has 0 fully saturated rings. The maximum atomic E-state index is 13.4. The summed E-state index contributed by atoms with van der Waals surface area (Å²) in [5, 5.41) is 2.95. The highest BCUT2D eigenvalue weighted by Crippen LogP contribution is 2.12. The fourth-order valence-corrected chi connectivity index (χ4v) is 2.01. The summed E-state index contributed by atoms with van der Waals surface area (Å²) in [6.07, 6.45) is 0.689. The number of rotatable bonds is 4. The third-order valence-corrected chi connectivity index (χ3v) is 3.06. The van der Waals surface area contributed by atoms with E-state index in [1.165, 1.54) is 12.1 Å². The van der Waals surface area contributed by atoms with Crippen LogP contribution in [-0.4, -0.2) is 10.9 Å². The number of nitrogens with one attached hydrogen (secondary N) is 1. The molecule has 1 aromatic carbocycles. The normalized spacial score (nSPS) is 10.3. The molecule has 0 spiro atoms. The lowest BCUT2D eigenvalue weighted by molar-refractivity contribution is 0.0950. The zero-order valence-electron chi connectivity index (χ0n) is 11.0. The zero-order chi connectivity index (χ0) is 14.5. The number of benzene rings is 1. The molecule has 5 heteroatoms. The van der Waals surface area contributed by atoms with Gasteiger partial charge < -0.3 is 5.32 Å². The Kier molecular flexibility index (Phi) is 4.69. The summed E-state index contributed by atoms with van der Waals surface area (Å²) in [5.74, 6) is -0.637. The van der Waals surface area contributed by atoms with Gasteiger partial charge in [0.05, 0.1) is 0 Å². The number of nitrogens with zero attached hydrogens (tertiary/aromatic N) is 1. The predicted octanol–water partition coefficient (Wildman–Crippen LogP) is 3.37. The molecule has 0 bridgehead atoms. The summed E-state index contributed by atoms with van der Waals surface area (Å²) in [7, 11) is 0. The first kappa shape index (κ1) is 14.5. The maximum absolute atomic E-state index is 13.4. The first-order valence-corrected chi connectivity index (χ1v) is 6.66. The molecule has 0 atom stereocenters. The Bertz CT molecular complexity index is 631. The lowest BCUT2D eigenvalue weighted by Crippen LogP contribution is -2.23. The minimum atomic E-state index is -0.338. The Morgan fingerprint density at radius 3 is 2.80 bits per heavy atom. The molecule has 1 N–H and O–H groups in total. The van der Waals surface area contributed by atoms with Gasteiger partial charge in [0, 0.05) is 23.4 Å². The van der Waals surface area contributed by atoms with E-state index in [2.05, 4.69) is 10.3 Å². The molecule has 20 heavy (non-hydrogen) atoms. The van der Waals surface area contributed by atoms with Crippen molar-refractivity contribution in [1.82, 2.24) is 10.3 Å². The molecule has 2 rings (SSSR count). The van der Waals surface area contributed by atoms with Crippen molar-refractivity contribution in [3.05, 3.63) is 64.2 Å². The van der Waals surface area contributed by atoms with Crippen LogP contribution < -0.4 is 5.32 Å². The van der Waals surface area contributed by atoms with Gasteiger partial charge in [0.2, 0.25) is 0 Å². The molecular weight excluding hydrogens is 279 g/mol. The van der Waals surface area contributed by atoms with Crippen molar-refractivity contribution in [2.24, 2.45) is 0 Å². The number of pyridine rings is 1. The van der Waals surface area contributed by atoms with Gasteiger partial charge >= 0.3 is 0 Å². The van der Waals surface area contributed by atoms with Crippen molar-refractivity contribution in [2.75, 3.05) is 0 Å². The van der Waals surface area contributed by atoms with Gasteiger partial charge in [0.15, 0.2) is 0 Å². The van der Waals surface area contributed by atoms with Crippen molar-refractivity contribution in [3.63, 3.8) is 0 Å². The van der Waals surface area contributed by atoms with Crippen molar-refractivity contribution >= 4 is 17.5 Å². The molecule has 3 nitrogen and oxygen atoms in total. The first-order valence-electron chi connectivity index (χ1n) is 6.28. The number of aromatic nitrogens is 1. The van der Waals surface area contributed by atoms with E-state index in [1.807, 2.05) is 6.92 Å². The van der Waals surface area contributed by atoms with Gasteiger partial charge in [-0.05, 0) is 24.6 Å². The Balaban J connectivity index is 2.09. The van der Waals surface area contributed by atoms with Crippen molar-refractivity contribution in [2.45, 2.75) is 19.9 Å². The monoisotopic (exact) mass is 292 g/mol. The van der Waals surface area contributed by atoms with Crippen LogP contribution in [0.15, 0.2) is 36.4 Å². The van der Waals surface area contributed by atoms with Crippen molar-refractivity contribution in [1.29, 1.82) is 0 Å². The van der Waals surface area contributed by atoms with Crippen LogP contribution in [0.2, 0.25) is 5.15 Å². The van der Waals surface area contributed by atoms with E-state index in [4.69, 9.17) is 11.6 Å². The highest BCUT2D eigenvalue weighted by molar-refractivity contribution is 6.29. The molecule has 0 unspecified atom stereocenters. The number of carbonyl (C=O) groups excluding carboxylic acids is 1. The molecule has 104 valence electrons. The number of hydrogen-bond acceptors (Lipinski definition) is 2. The Labute approximate surface area is 121 Å². The Morgan fingerprint density at radius 2 is 2.10 bits per heavy atom. The van der Waals surface area contributed by atoms with Gasteiger partial charge in [-0.25, -0.2) is 9.37 Å². The molecule has 2 aromatic rings. The fourth-order valence-electron chi connectivity index (χ4n) is 1.78. The molecule has 0 aliphatic carbocycles. The smallest absolute Gasteiger partial charge is 0.251 e. The number of halogens is 2. The molecule has 0 saturated heterocycles. The average Bonchev–Trinajstić information content (AvgIpc) is 2.45. The quantitative estimate of drug-likeness (QED) is 0.878. The van der Waals surface area contributed by atoms with Gasteiger partial charge in [-0.2, -0.15) is 0 Å². The van der Waals surface area contributed by atoms with Crippen LogP contribution in [-0.2, 0) is 13.0 Å². The van der Waals surface area contributed by atoms with E-state index in [0.717, 1.165) is 5.69 Å². The summed E-state index contributed by atoms with van der Waals surface area (Å²) >= 11 is 5.86. The summed E-state index contributed by atoms with van der Waals surface area (Å²) in [4.78, 5) is 16.1. The van der Waals surface area contributed by atoms with Crippen LogP contribution in [0.1, 0.15) is 28.5 Å². The Hall–Kier alpha value is -1.94. The van der Waals surface area contributed by atoms with Gasteiger partial charge in [0.1, 0.15) is 11.0 Å².